The third kappa shape index (κ3) is 3.21. The van der Waals surface area contributed by atoms with Gasteiger partial charge in [0, 0.05) is 29.5 Å². The van der Waals surface area contributed by atoms with E-state index in [-0.39, 0.29) is 5.56 Å². The lowest BCUT2D eigenvalue weighted by molar-refractivity contribution is 0.102. The second-order valence-corrected chi connectivity index (χ2v) is 4.77. The summed E-state index contributed by atoms with van der Waals surface area (Å²) in [6, 6.07) is 9.91. The van der Waals surface area contributed by atoms with Crippen molar-refractivity contribution < 1.29 is 13.9 Å². The van der Waals surface area contributed by atoms with E-state index in [9.17, 15) is 9.59 Å². The highest BCUT2D eigenvalue weighted by molar-refractivity contribution is 6.05. The van der Waals surface area contributed by atoms with Crippen molar-refractivity contribution in [2.45, 2.75) is 6.92 Å². The van der Waals surface area contributed by atoms with Gasteiger partial charge in [-0.25, -0.2) is 4.79 Å². The lowest BCUT2D eigenvalue weighted by Crippen LogP contribution is -2.20. The number of ether oxygens (including phenoxy) is 1. The molecule has 116 valence electrons. The van der Waals surface area contributed by atoms with E-state index >= 15 is 0 Å². The predicted molar refractivity (Wildman–Crippen MR) is 85.8 cm³/mol. The van der Waals surface area contributed by atoms with Gasteiger partial charge in [-0.3, -0.25) is 9.78 Å². The van der Waals surface area contributed by atoms with Crippen molar-refractivity contribution in [1.29, 1.82) is 0 Å². The van der Waals surface area contributed by atoms with Crippen LogP contribution < -0.4 is 15.7 Å². The van der Waals surface area contributed by atoms with Gasteiger partial charge in [0.1, 0.15) is 16.9 Å². The topological polar surface area (TPSA) is 81.4 Å². The first-order valence-electron chi connectivity index (χ1n) is 7.09. The maximum atomic E-state index is 12.2. The van der Waals surface area contributed by atoms with Gasteiger partial charge in [0.15, 0.2) is 0 Å². The number of nitrogens with zero attached hydrogens (tertiary/aromatic N) is 1. The smallest absolute Gasteiger partial charge is 0.349 e. The third-order valence-electron chi connectivity index (χ3n) is 3.20. The van der Waals surface area contributed by atoms with E-state index in [1.54, 1.807) is 42.7 Å². The Morgan fingerprint density at radius 1 is 1.22 bits per heavy atom. The van der Waals surface area contributed by atoms with Crippen LogP contribution in [0, 0.1) is 0 Å². The van der Waals surface area contributed by atoms with Crippen molar-refractivity contribution in [2.24, 2.45) is 0 Å². The second-order valence-electron chi connectivity index (χ2n) is 4.77. The number of benzene rings is 1. The van der Waals surface area contributed by atoms with Gasteiger partial charge >= 0.3 is 5.63 Å². The Kier molecular flexibility index (Phi) is 4.05. The summed E-state index contributed by atoms with van der Waals surface area (Å²) in [7, 11) is 0. The van der Waals surface area contributed by atoms with Gasteiger partial charge in [0.25, 0.3) is 5.91 Å². The Morgan fingerprint density at radius 3 is 2.74 bits per heavy atom. The maximum absolute atomic E-state index is 12.2. The summed E-state index contributed by atoms with van der Waals surface area (Å²) in [6.07, 6.45) is 3.10. The molecule has 6 heteroatoms. The zero-order chi connectivity index (χ0) is 16.2. The zero-order valence-electron chi connectivity index (χ0n) is 12.4. The van der Waals surface area contributed by atoms with Crippen molar-refractivity contribution in [3.8, 4) is 5.75 Å². The number of fused-ring (bicyclic) bond motifs is 1. The second kappa shape index (κ2) is 6.31. The summed E-state index contributed by atoms with van der Waals surface area (Å²) >= 11 is 0. The van der Waals surface area contributed by atoms with Crippen molar-refractivity contribution in [3.05, 3.63) is 64.8 Å². The first-order chi connectivity index (χ1) is 11.2. The number of amides is 1. The normalized spacial score (nSPS) is 10.5. The molecule has 23 heavy (non-hydrogen) atoms. The minimum atomic E-state index is -0.697. The molecule has 0 bridgehead atoms. The predicted octanol–water partition coefficient (Wildman–Crippen LogP) is 2.84. The number of carbonyl (C=O) groups is 1. The fraction of sp³-hybridized carbons (Fsp3) is 0.118. The van der Waals surface area contributed by atoms with Crippen LogP contribution in [-0.2, 0) is 0 Å². The molecule has 2 heterocycles. The molecule has 1 aromatic carbocycles. The summed E-state index contributed by atoms with van der Waals surface area (Å²) < 4.78 is 10.6. The zero-order valence-corrected chi connectivity index (χ0v) is 12.4. The molecule has 1 amide bonds. The van der Waals surface area contributed by atoms with Crippen LogP contribution in [0.2, 0.25) is 0 Å². The molecule has 1 N–H and O–H groups in total. The molecule has 3 rings (SSSR count). The molecule has 0 unspecified atom stereocenters. The number of carbonyl (C=O) groups excluding carboxylic acids is 1. The number of nitrogens with one attached hydrogen (secondary N) is 1. The van der Waals surface area contributed by atoms with E-state index in [2.05, 4.69) is 10.3 Å². The Balaban J connectivity index is 1.95. The van der Waals surface area contributed by atoms with Crippen LogP contribution in [0.1, 0.15) is 17.3 Å². The van der Waals surface area contributed by atoms with Gasteiger partial charge in [-0.15, -0.1) is 0 Å². The van der Waals surface area contributed by atoms with Gasteiger partial charge in [-0.2, -0.15) is 0 Å². The summed E-state index contributed by atoms with van der Waals surface area (Å²) in [4.78, 5) is 28.1. The van der Waals surface area contributed by atoms with Crippen molar-refractivity contribution in [2.75, 3.05) is 11.9 Å². The minimum Gasteiger partial charge on any atom is -0.494 e. The molecule has 0 saturated heterocycles. The maximum Gasteiger partial charge on any atom is 0.349 e. The molecule has 0 aliphatic carbocycles. The Morgan fingerprint density at radius 2 is 2.00 bits per heavy atom. The molecule has 3 aromatic rings. The van der Waals surface area contributed by atoms with Gasteiger partial charge in [0.05, 0.1) is 6.61 Å². The Labute approximate surface area is 131 Å². The van der Waals surface area contributed by atoms with E-state index in [1.807, 2.05) is 6.92 Å². The Bertz CT molecular complexity index is 903. The average Bonchev–Trinajstić information content (AvgIpc) is 2.55. The fourth-order valence-corrected chi connectivity index (χ4v) is 2.14. The number of pyridine rings is 1. The largest absolute Gasteiger partial charge is 0.494 e. The SMILES string of the molecule is CCOc1ccc2cc(C(=O)Nc3ccncc3)c(=O)oc2c1. The number of aromatic nitrogens is 1. The molecule has 0 spiro atoms. The summed E-state index contributed by atoms with van der Waals surface area (Å²) in [5.74, 6) is 0.0814. The van der Waals surface area contributed by atoms with E-state index in [0.717, 1.165) is 0 Å². The van der Waals surface area contributed by atoms with E-state index in [1.165, 1.54) is 6.07 Å². The average molecular weight is 310 g/mol. The number of anilines is 1. The molecule has 6 nitrogen and oxygen atoms in total. The summed E-state index contributed by atoms with van der Waals surface area (Å²) in [5, 5.41) is 3.28. The Hall–Kier alpha value is -3.15. The first kappa shape index (κ1) is 14.8. The first-order valence-corrected chi connectivity index (χ1v) is 7.09. The lowest BCUT2D eigenvalue weighted by Gasteiger charge is -2.06. The fourth-order valence-electron chi connectivity index (χ4n) is 2.14. The summed E-state index contributed by atoms with van der Waals surface area (Å²) in [5.41, 5.74) is 0.175. The van der Waals surface area contributed by atoms with Crippen LogP contribution in [0.4, 0.5) is 5.69 Å². The van der Waals surface area contributed by atoms with Gasteiger partial charge in [0.2, 0.25) is 0 Å². The van der Waals surface area contributed by atoms with E-state index in [4.69, 9.17) is 9.15 Å². The molecule has 0 fully saturated rings. The van der Waals surface area contributed by atoms with Crippen LogP contribution in [0.15, 0.2) is 58.0 Å². The molecular weight excluding hydrogens is 296 g/mol. The monoisotopic (exact) mass is 310 g/mol. The van der Waals surface area contributed by atoms with Crippen LogP contribution >= 0.6 is 0 Å². The van der Waals surface area contributed by atoms with E-state index < -0.39 is 11.5 Å². The molecule has 0 atom stereocenters. The number of hydrogen-bond donors (Lipinski definition) is 1. The van der Waals surface area contributed by atoms with Gasteiger partial charge in [-0.1, -0.05) is 0 Å². The molecule has 0 saturated carbocycles. The number of rotatable bonds is 4. The minimum absolute atomic E-state index is 0.0570. The lowest BCUT2D eigenvalue weighted by atomic mass is 10.1. The third-order valence-corrected chi connectivity index (χ3v) is 3.20. The van der Waals surface area contributed by atoms with Crippen LogP contribution in [0.25, 0.3) is 11.0 Å². The van der Waals surface area contributed by atoms with Gasteiger partial charge in [-0.05, 0) is 37.3 Å². The quantitative estimate of drug-likeness (QED) is 0.749. The number of hydrogen-bond acceptors (Lipinski definition) is 5. The van der Waals surface area contributed by atoms with E-state index in [0.29, 0.717) is 29.0 Å². The molecular formula is C17H14N2O4. The van der Waals surface area contributed by atoms with Crippen LogP contribution in [0.3, 0.4) is 0 Å². The summed E-state index contributed by atoms with van der Waals surface area (Å²) in [6.45, 7) is 2.38. The van der Waals surface area contributed by atoms with Crippen LogP contribution in [0.5, 0.6) is 5.75 Å². The van der Waals surface area contributed by atoms with Crippen molar-refractivity contribution in [1.82, 2.24) is 4.98 Å². The highest BCUT2D eigenvalue weighted by Gasteiger charge is 2.14. The molecule has 0 aliphatic rings. The molecule has 2 aromatic heterocycles. The molecule has 0 aliphatic heterocycles. The van der Waals surface area contributed by atoms with Gasteiger partial charge < -0.3 is 14.5 Å². The van der Waals surface area contributed by atoms with Crippen molar-refractivity contribution >= 4 is 22.6 Å². The van der Waals surface area contributed by atoms with Crippen LogP contribution in [-0.4, -0.2) is 17.5 Å². The highest BCUT2D eigenvalue weighted by Crippen LogP contribution is 2.20. The standard InChI is InChI=1S/C17H14N2O4/c1-2-22-13-4-3-11-9-14(17(21)23-15(11)10-13)16(20)19-12-5-7-18-8-6-12/h3-10H,2H2,1H3,(H,18,19,20). The highest BCUT2D eigenvalue weighted by atomic mass is 16.5. The molecule has 0 radical (unpaired) electrons. The van der Waals surface area contributed by atoms with Crippen molar-refractivity contribution in [3.63, 3.8) is 0 Å².